The van der Waals surface area contributed by atoms with Crippen LogP contribution < -0.4 is 14.8 Å². The van der Waals surface area contributed by atoms with Crippen molar-refractivity contribution in [3.8, 4) is 17.2 Å². The number of hydrogen-bond donors (Lipinski definition) is 1. The van der Waals surface area contributed by atoms with Crippen molar-refractivity contribution in [2.75, 3.05) is 13.7 Å². The van der Waals surface area contributed by atoms with Crippen LogP contribution in [0.4, 0.5) is 0 Å². The van der Waals surface area contributed by atoms with Gasteiger partial charge in [-0.05, 0) is 31.5 Å². The summed E-state index contributed by atoms with van der Waals surface area (Å²) in [5.41, 5.74) is 0. The second-order valence-corrected chi connectivity index (χ2v) is 4.55. The summed E-state index contributed by atoms with van der Waals surface area (Å²) in [6, 6.07) is 7.54. The van der Waals surface area contributed by atoms with Gasteiger partial charge in [0, 0.05) is 6.07 Å². The molecule has 1 unspecified atom stereocenters. The van der Waals surface area contributed by atoms with Crippen LogP contribution in [0, 0.1) is 0 Å². The molecule has 0 bridgehead atoms. The van der Waals surface area contributed by atoms with Crippen LogP contribution in [0.5, 0.6) is 17.2 Å². The highest BCUT2D eigenvalue weighted by molar-refractivity contribution is 5.35. The molecule has 0 saturated carbocycles. The van der Waals surface area contributed by atoms with Gasteiger partial charge in [-0.2, -0.15) is 5.10 Å². The standard InChI is InChI=1S/C14H17N3O2/c1-18-11-4-2-5-12(8-11)19-13-9-16-17(10-13)14-6-3-7-15-14/h2,4-5,8-10,14-15H,3,6-7H2,1H3. The maximum atomic E-state index is 5.77. The number of rotatable bonds is 4. The van der Waals surface area contributed by atoms with Gasteiger partial charge in [0.25, 0.3) is 0 Å². The normalized spacial score (nSPS) is 18.5. The molecule has 1 fully saturated rings. The van der Waals surface area contributed by atoms with Gasteiger partial charge in [-0.3, -0.25) is 10.00 Å². The predicted octanol–water partition coefficient (Wildman–Crippen LogP) is 2.57. The number of ether oxygens (including phenoxy) is 2. The molecule has 2 aromatic rings. The number of benzene rings is 1. The van der Waals surface area contributed by atoms with Crippen molar-refractivity contribution >= 4 is 0 Å². The summed E-state index contributed by atoms with van der Waals surface area (Å²) >= 11 is 0. The van der Waals surface area contributed by atoms with E-state index in [2.05, 4.69) is 10.4 Å². The van der Waals surface area contributed by atoms with Gasteiger partial charge < -0.3 is 9.47 Å². The molecule has 1 aliphatic rings. The van der Waals surface area contributed by atoms with Crippen LogP contribution in [0.1, 0.15) is 19.0 Å². The molecule has 0 amide bonds. The quantitative estimate of drug-likeness (QED) is 0.916. The third-order valence-corrected chi connectivity index (χ3v) is 3.21. The fourth-order valence-electron chi connectivity index (χ4n) is 2.24. The maximum absolute atomic E-state index is 5.77. The summed E-state index contributed by atoms with van der Waals surface area (Å²) in [6.07, 6.45) is 6.25. The van der Waals surface area contributed by atoms with Gasteiger partial charge in [0.05, 0.1) is 19.5 Å². The van der Waals surface area contributed by atoms with Crippen LogP contribution in [0.25, 0.3) is 0 Å². The van der Waals surface area contributed by atoms with Crippen molar-refractivity contribution in [1.82, 2.24) is 15.1 Å². The van der Waals surface area contributed by atoms with Gasteiger partial charge in [0.15, 0.2) is 5.75 Å². The molecule has 5 heteroatoms. The first-order valence-corrected chi connectivity index (χ1v) is 6.44. The smallest absolute Gasteiger partial charge is 0.165 e. The summed E-state index contributed by atoms with van der Waals surface area (Å²) in [5.74, 6) is 2.27. The summed E-state index contributed by atoms with van der Waals surface area (Å²) in [7, 11) is 1.64. The molecular weight excluding hydrogens is 242 g/mol. The summed E-state index contributed by atoms with van der Waals surface area (Å²) in [6.45, 7) is 1.05. The van der Waals surface area contributed by atoms with Gasteiger partial charge >= 0.3 is 0 Å². The Morgan fingerprint density at radius 3 is 3.00 bits per heavy atom. The number of nitrogens with zero attached hydrogens (tertiary/aromatic N) is 2. The lowest BCUT2D eigenvalue weighted by Crippen LogP contribution is -2.19. The third kappa shape index (κ3) is 2.71. The first kappa shape index (κ1) is 12.0. The number of hydrogen-bond acceptors (Lipinski definition) is 4. The molecule has 0 radical (unpaired) electrons. The molecule has 2 heterocycles. The van der Waals surface area contributed by atoms with Gasteiger partial charge in [-0.1, -0.05) is 6.07 Å². The van der Waals surface area contributed by atoms with E-state index in [0.717, 1.165) is 30.2 Å². The van der Waals surface area contributed by atoms with Crippen LogP contribution in [-0.4, -0.2) is 23.4 Å². The second kappa shape index (κ2) is 5.32. The van der Waals surface area contributed by atoms with E-state index in [1.165, 1.54) is 6.42 Å². The zero-order valence-electron chi connectivity index (χ0n) is 10.9. The van der Waals surface area contributed by atoms with E-state index in [-0.39, 0.29) is 0 Å². The Morgan fingerprint density at radius 1 is 1.32 bits per heavy atom. The summed E-state index contributed by atoms with van der Waals surface area (Å²) in [4.78, 5) is 0. The molecule has 19 heavy (non-hydrogen) atoms. The molecule has 1 aromatic carbocycles. The van der Waals surface area contributed by atoms with Crippen molar-refractivity contribution in [3.05, 3.63) is 36.7 Å². The Hall–Kier alpha value is -2.01. The molecule has 5 nitrogen and oxygen atoms in total. The van der Waals surface area contributed by atoms with Crippen molar-refractivity contribution in [2.45, 2.75) is 19.0 Å². The minimum Gasteiger partial charge on any atom is -0.497 e. The van der Waals surface area contributed by atoms with Crippen molar-refractivity contribution in [2.24, 2.45) is 0 Å². The van der Waals surface area contributed by atoms with Crippen molar-refractivity contribution in [3.63, 3.8) is 0 Å². The van der Waals surface area contributed by atoms with Gasteiger partial charge in [-0.25, -0.2) is 0 Å². The number of methoxy groups -OCH3 is 1. The predicted molar refractivity (Wildman–Crippen MR) is 71.6 cm³/mol. The zero-order valence-corrected chi connectivity index (χ0v) is 10.9. The Labute approximate surface area is 112 Å². The van der Waals surface area contributed by atoms with E-state index < -0.39 is 0 Å². The molecule has 1 aromatic heterocycles. The molecule has 0 aliphatic carbocycles. The summed E-state index contributed by atoms with van der Waals surface area (Å²) < 4.78 is 12.9. The molecule has 100 valence electrons. The minimum absolute atomic E-state index is 0.294. The average molecular weight is 259 g/mol. The van der Waals surface area contributed by atoms with Crippen LogP contribution >= 0.6 is 0 Å². The van der Waals surface area contributed by atoms with Crippen LogP contribution in [0.2, 0.25) is 0 Å². The highest BCUT2D eigenvalue weighted by Crippen LogP contribution is 2.26. The Kier molecular flexibility index (Phi) is 3.37. The zero-order chi connectivity index (χ0) is 13.1. The Balaban J connectivity index is 1.72. The van der Waals surface area contributed by atoms with E-state index in [1.807, 2.05) is 35.1 Å². The Bertz CT molecular complexity index is 547. The second-order valence-electron chi connectivity index (χ2n) is 4.55. The molecular formula is C14H17N3O2. The summed E-state index contributed by atoms with van der Waals surface area (Å²) in [5, 5.41) is 7.73. The highest BCUT2D eigenvalue weighted by Gasteiger charge is 2.16. The molecule has 3 rings (SSSR count). The topological polar surface area (TPSA) is 48.3 Å². The van der Waals surface area contributed by atoms with Crippen LogP contribution in [0.3, 0.4) is 0 Å². The van der Waals surface area contributed by atoms with Crippen LogP contribution in [0.15, 0.2) is 36.7 Å². The lowest BCUT2D eigenvalue weighted by molar-refractivity contribution is 0.407. The maximum Gasteiger partial charge on any atom is 0.165 e. The molecule has 1 atom stereocenters. The highest BCUT2D eigenvalue weighted by atomic mass is 16.5. The van der Waals surface area contributed by atoms with Crippen molar-refractivity contribution in [1.29, 1.82) is 0 Å². The Morgan fingerprint density at radius 2 is 2.21 bits per heavy atom. The van der Waals surface area contributed by atoms with E-state index >= 15 is 0 Å². The largest absolute Gasteiger partial charge is 0.497 e. The third-order valence-electron chi connectivity index (χ3n) is 3.21. The molecule has 1 N–H and O–H groups in total. The monoisotopic (exact) mass is 259 g/mol. The molecule has 1 aliphatic heterocycles. The lowest BCUT2D eigenvalue weighted by atomic mass is 10.3. The van der Waals surface area contributed by atoms with E-state index in [1.54, 1.807) is 13.3 Å². The van der Waals surface area contributed by atoms with E-state index in [9.17, 15) is 0 Å². The average Bonchev–Trinajstić information content (AvgIpc) is 3.09. The minimum atomic E-state index is 0.294. The lowest BCUT2D eigenvalue weighted by Gasteiger charge is -2.09. The molecule has 0 spiro atoms. The van der Waals surface area contributed by atoms with Gasteiger partial charge in [0.2, 0.25) is 0 Å². The van der Waals surface area contributed by atoms with Crippen LogP contribution in [-0.2, 0) is 0 Å². The number of nitrogens with one attached hydrogen (secondary N) is 1. The number of aromatic nitrogens is 2. The van der Waals surface area contributed by atoms with E-state index in [4.69, 9.17) is 9.47 Å². The van der Waals surface area contributed by atoms with Crippen molar-refractivity contribution < 1.29 is 9.47 Å². The fourth-order valence-corrected chi connectivity index (χ4v) is 2.24. The first-order valence-electron chi connectivity index (χ1n) is 6.44. The van der Waals surface area contributed by atoms with Gasteiger partial charge in [-0.15, -0.1) is 0 Å². The van der Waals surface area contributed by atoms with Gasteiger partial charge in [0.1, 0.15) is 17.7 Å². The van der Waals surface area contributed by atoms with E-state index in [0.29, 0.717) is 6.17 Å². The first-order chi connectivity index (χ1) is 9.35. The molecule has 1 saturated heterocycles. The fraction of sp³-hybridized carbons (Fsp3) is 0.357. The SMILES string of the molecule is COc1cccc(Oc2cnn(C3CCCN3)c2)c1.